The van der Waals surface area contributed by atoms with Crippen LogP contribution in [0.3, 0.4) is 0 Å². The van der Waals surface area contributed by atoms with Gasteiger partial charge in [-0.15, -0.1) is 0 Å². The van der Waals surface area contributed by atoms with Crippen molar-refractivity contribution in [2.75, 3.05) is 36.0 Å². The van der Waals surface area contributed by atoms with Crippen LogP contribution in [0.1, 0.15) is 5.56 Å². The molecule has 146 valence electrons. The Labute approximate surface area is 153 Å². The molecule has 2 aromatic heterocycles. The molecule has 0 unspecified atom stereocenters. The van der Waals surface area contributed by atoms with Crippen LogP contribution < -0.4 is 14.8 Å². The Morgan fingerprint density at radius 2 is 1.44 bits per heavy atom. The quantitative estimate of drug-likeness (QED) is 0.556. The Morgan fingerprint density at radius 3 is 1.93 bits per heavy atom. The zero-order chi connectivity index (χ0) is 19.9. The van der Waals surface area contributed by atoms with Gasteiger partial charge in [0.05, 0.1) is 18.7 Å². The van der Waals surface area contributed by atoms with Crippen molar-refractivity contribution in [1.29, 1.82) is 0 Å². The highest BCUT2D eigenvalue weighted by Crippen LogP contribution is 2.33. The molecule has 1 aliphatic heterocycles. The monoisotopic (exact) mass is 415 g/mol. The molecule has 3 heterocycles. The number of hydrogen-bond donors (Lipinski definition) is 0. The standard InChI is InChI=1S/C15H10ClF7N4/c16-8-5-7(15(21,22)23)6-24-14(8)27-3-1-26(2-4-27)11-9(17)12(19)25-13(20)10(11)18/h5-6H,1-4H2/p+1. The van der Waals surface area contributed by atoms with Gasteiger partial charge < -0.3 is 4.90 Å². The van der Waals surface area contributed by atoms with Crippen molar-refractivity contribution in [2.45, 2.75) is 6.18 Å². The number of aromatic amines is 1. The van der Waals surface area contributed by atoms with Gasteiger partial charge in [0.25, 0.3) is 17.7 Å². The summed E-state index contributed by atoms with van der Waals surface area (Å²) in [6, 6.07) is 0.757. The first kappa shape index (κ1) is 19.5. The molecule has 1 fully saturated rings. The van der Waals surface area contributed by atoms with Crippen LogP contribution >= 0.6 is 11.6 Å². The normalized spacial score (nSPS) is 15.4. The van der Waals surface area contributed by atoms with Crippen LogP contribution in [-0.4, -0.2) is 31.2 Å². The second kappa shape index (κ2) is 7.02. The molecular weight excluding hydrogens is 405 g/mol. The molecule has 0 bridgehead atoms. The molecule has 4 nitrogen and oxygen atoms in total. The number of rotatable bonds is 2. The van der Waals surface area contributed by atoms with Gasteiger partial charge in [0.15, 0.2) is 0 Å². The number of halogens is 8. The van der Waals surface area contributed by atoms with Gasteiger partial charge in [-0.2, -0.15) is 35.7 Å². The molecule has 2 aromatic rings. The van der Waals surface area contributed by atoms with E-state index >= 15 is 0 Å². The van der Waals surface area contributed by atoms with Gasteiger partial charge in [0.2, 0.25) is 11.6 Å². The minimum Gasteiger partial charge on any atom is -0.359 e. The average molecular weight is 416 g/mol. The average Bonchev–Trinajstić information content (AvgIpc) is 2.60. The summed E-state index contributed by atoms with van der Waals surface area (Å²) >= 11 is 5.90. The summed E-state index contributed by atoms with van der Waals surface area (Å²) in [5, 5.41) is -0.184. The molecule has 0 amide bonds. The molecule has 0 spiro atoms. The second-order valence-electron chi connectivity index (χ2n) is 5.73. The first-order valence-electron chi connectivity index (χ1n) is 7.58. The van der Waals surface area contributed by atoms with E-state index in [0.717, 1.165) is 17.2 Å². The van der Waals surface area contributed by atoms with Crippen LogP contribution in [0.2, 0.25) is 5.02 Å². The van der Waals surface area contributed by atoms with Gasteiger partial charge in [-0.05, 0) is 6.07 Å². The van der Waals surface area contributed by atoms with Crippen molar-refractivity contribution in [3.63, 3.8) is 0 Å². The van der Waals surface area contributed by atoms with Gasteiger partial charge in [-0.3, -0.25) is 4.90 Å². The van der Waals surface area contributed by atoms with Crippen molar-refractivity contribution < 1.29 is 35.7 Å². The maximum Gasteiger partial charge on any atom is 0.419 e. The highest BCUT2D eigenvalue weighted by molar-refractivity contribution is 6.32. The molecule has 0 aliphatic carbocycles. The summed E-state index contributed by atoms with van der Waals surface area (Å²) in [6.45, 7) is 0.0713. The van der Waals surface area contributed by atoms with E-state index in [1.165, 1.54) is 0 Å². The second-order valence-corrected chi connectivity index (χ2v) is 6.13. The lowest BCUT2D eigenvalue weighted by Crippen LogP contribution is -2.49. The number of piperazine rings is 1. The fraction of sp³-hybridized carbons (Fsp3) is 0.333. The topological polar surface area (TPSA) is 33.5 Å². The highest BCUT2D eigenvalue weighted by atomic mass is 35.5. The molecule has 1 aliphatic rings. The minimum atomic E-state index is -4.57. The van der Waals surface area contributed by atoms with Gasteiger partial charge in [-0.1, -0.05) is 11.6 Å². The molecule has 1 saturated heterocycles. The van der Waals surface area contributed by atoms with Crippen molar-refractivity contribution in [3.05, 3.63) is 46.4 Å². The lowest BCUT2D eigenvalue weighted by molar-refractivity contribution is -0.367. The summed E-state index contributed by atoms with van der Waals surface area (Å²) in [5.74, 6) is -6.55. The zero-order valence-corrected chi connectivity index (χ0v) is 14.1. The maximum absolute atomic E-state index is 13.8. The smallest absolute Gasteiger partial charge is 0.359 e. The number of alkyl halides is 3. The van der Waals surface area contributed by atoms with E-state index < -0.39 is 41.0 Å². The lowest BCUT2D eigenvalue weighted by Gasteiger charge is -2.33. The third-order valence-corrected chi connectivity index (χ3v) is 4.37. The van der Waals surface area contributed by atoms with Crippen LogP contribution in [0, 0.1) is 23.5 Å². The first-order valence-corrected chi connectivity index (χ1v) is 7.95. The molecule has 0 atom stereocenters. The predicted octanol–water partition coefficient (Wildman–Crippen LogP) is 3.45. The largest absolute Gasteiger partial charge is 0.419 e. The Kier molecular flexibility index (Phi) is 5.06. The summed E-state index contributed by atoms with van der Waals surface area (Å²) < 4.78 is 92.2. The molecule has 3 rings (SSSR count). The van der Waals surface area contributed by atoms with Gasteiger partial charge in [0.1, 0.15) is 30.0 Å². The first-order chi connectivity index (χ1) is 12.6. The van der Waals surface area contributed by atoms with Crippen LogP contribution in [0.5, 0.6) is 0 Å². The van der Waals surface area contributed by atoms with Crippen LogP contribution in [-0.2, 0) is 6.18 Å². The third-order valence-electron chi connectivity index (χ3n) is 4.09. The van der Waals surface area contributed by atoms with E-state index in [-0.39, 0.29) is 37.0 Å². The molecule has 0 radical (unpaired) electrons. The number of anilines is 2. The molecular formula is C15H11ClF7N4+. The minimum absolute atomic E-state index is 0.0536. The lowest BCUT2D eigenvalue weighted by atomic mass is 10.2. The van der Waals surface area contributed by atoms with Gasteiger partial charge >= 0.3 is 6.18 Å². The number of hydrogen-bond acceptors (Lipinski definition) is 3. The van der Waals surface area contributed by atoms with Crippen molar-refractivity contribution in [1.82, 2.24) is 4.98 Å². The predicted molar refractivity (Wildman–Crippen MR) is 81.5 cm³/mol. The van der Waals surface area contributed by atoms with E-state index in [2.05, 4.69) is 9.97 Å². The van der Waals surface area contributed by atoms with E-state index in [1.54, 1.807) is 4.90 Å². The number of nitrogens with zero attached hydrogens (tertiary/aromatic N) is 3. The molecule has 0 saturated carbocycles. The van der Waals surface area contributed by atoms with Gasteiger partial charge in [-0.25, -0.2) is 4.98 Å². The van der Waals surface area contributed by atoms with E-state index in [9.17, 15) is 30.7 Å². The number of pyridine rings is 2. The summed E-state index contributed by atoms with van der Waals surface area (Å²) in [4.78, 5) is 7.60. The van der Waals surface area contributed by atoms with Crippen LogP contribution in [0.15, 0.2) is 12.3 Å². The number of aromatic nitrogens is 2. The van der Waals surface area contributed by atoms with Crippen LogP contribution in [0.25, 0.3) is 0 Å². The molecule has 27 heavy (non-hydrogen) atoms. The van der Waals surface area contributed by atoms with Crippen molar-refractivity contribution >= 4 is 23.1 Å². The third kappa shape index (κ3) is 3.73. The SMILES string of the molecule is Fc1nc(F)c(F)c(N2CCN(c3[nH+]cc(C(F)(F)F)cc3Cl)CC2)c1F. The zero-order valence-electron chi connectivity index (χ0n) is 13.3. The van der Waals surface area contributed by atoms with Crippen LogP contribution in [0.4, 0.5) is 42.2 Å². The highest BCUT2D eigenvalue weighted by Gasteiger charge is 2.35. The van der Waals surface area contributed by atoms with E-state index in [4.69, 9.17) is 11.6 Å². The summed E-state index contributed by atoms with van der Waals surface area (Å²) in [6.07, 6.45) is -3.82. The Balaban J connectivity index is 1.79. The summed E-state index contributed by atoms with van der Waals surface area (Å²) in [5.41, 5.74) is -1.83. The molecule has 12 heteroatoms. The van der Waals surface area contributed by atoms with E-state index in [0.29, 0.717) is 0 Å². The Morgan fingerprint density at radius 1 is 0.926 bits per heavy atom. The van der Waals surface area contributed by atoms with Crippen molar-refractivity contribution in [3.8, 4) is 0 Å². The van der Waals surface area contributed by atoms with E-state index in [1.807, 2.05) is 0 Å². The van der Waals surface area contributed by atoms with Crippen molar-refractivity contribution in [2.24, 2.45) is 0 Å². The fourth-order valence-electron chi connectivity index (χ4n) is 2.78. The van der Waals surface area contributed by atoms with Gasteiger partial charge in [0, 0.05) is 0 Å². The maximum atomic E-state index is 13.8. The number of H-pyrrole nitrogens is 1. The fourth-order valence-corrected chi connectivity index (χ4v) is 3.07. The number of nitrogens with one attached hydrogen (secondary N) is 1. The molecule has 0 aromatic carbocycles. The summed E-state index contributed by atoms with van der Waals surface area (Å²) in [7, 11) is 0. The molecule has 1 N–H and O–H groups in total. The Hall–Kier alpha value is -2.30. The Bertz CT molecular complexity index is 840.